The van der Waals surface area contributed by atoms with E-state index in [0.717, 1.165) is 30.5 Å². The van der Waals surface area contributed by atoms with Crippen molar-refractivity contribution in [2.45, 2.75) is 52.6 Å². The largest absolute Gasteiger partial charge is 0.364 e. The van der Waals surface area contributed by atoms with Gasteiger partial charge < -0.3 is 10.2 Å². The van der Waals surface area contributed by atoms with Crippen LogP contribution >= 0.6 is 11.6 Å². The second kappa shape index (κ2) is 6.82. The Hall–Kier alpha value is -0.730. The average molecular weight is 295 g/mol. The Labute approximate surface area is 128 Å². The monoisotopic (exact) mass is 294 g/mol. The quantitative estimate of drug-likeness (QED) is 0.893. The molecule has 0 spiro atoms. The fourth-order valence-electron chi connectivity index (χ4n) is 3.22. The summed E-state index contributed by atoms with van der Waals surface area (Å²) in [6.45, 7) is 11.1. The standard InChI is InChI=1S/C17H27ClN2/c1-5-15-10-19-14(9-12(2)3)11-20(15)17-13(4)7-6-8-16(17)18/h6-8,12,14-15,19H,5,9-11H2,1-4H3. The summed E-state index contributed by atoms with van der Waals surface area (Å²) in [5.74, 6) is 0.722. The van der Waals surface area contributed by atoms with E-state index >= 15 is 0 Å². The number of halogens is 1. The number of hydrogen-bond donors (Lipinski definition) is 1. The van der Waals surface area contributed by atoms with Gasteiger partial charge in [-0.25, -0.2) is 0 Å². The molecule has 0 bridgehead atoms. The number of anilines is 1. The first-order valence-electron chi connectivity index (χ1n) is 7.78. The van der Waals surface area contributed by atoms with E-state index in [-0.39, 0.29) is 0 Å². The molecule has 1 saturated heterocycles. The fourth-order valence-corrected chi connectivity index (χ4v) is 3.55. The summed E-state index contributed by atoms with van der Waals surface area (Å²) in [6, 6.07) is 7.31. The van der Waals surface area contributed by atoms with Crippen molar-refractivity contribution in [1.29, 1.82) is 0 Å². The van der Waals surface area contributed by atoms with Gasteiger partial charge in [0, 0.05) is 25.2 Å². The summed E-state index contributed by atoms with van der Waals surface area (Å²) in [5.41, 5.74) is 2.51. The van der Waals surface area contributed by atoms with E-state index in [1.807, 2.05) is 12.1 Å². The molecule has 2 unspecified atom stereocenters. The predicted molar refractivity (Wildman–Crippen MR) is 88.9 cm³/mol. The maximum atomic E-state index is 6.48. The number of benzene rings is 1. The van der Waals surface area contributed by atoms with Crippen LogP contribution in [0.5, 0.6) is 0 Å². The lowest BCUT2D eigenvalue weighted by atomic mass is 9.97. The summed E-state index contributed by atoms with van der Waals surface area (Å²) in [5, 5.41) is 4.59. The summed E-state index contributed by atoms with van der Waals surface area (Å²) in [6.07, 6.45) is 2.36. The Morgan fingerprint density at radius 3 is 2.75 bits per heavy atom. The van der Waals surface area contributed by atoms with Crippen LogP contribution in [0.4, 0.5) is 5.69 Å². The molecule has 1 aromatic rings. The minimum Gasteiger partial charge on any atom is -0.364 e. The van der Waals surface area contributed by atoms with Gasteiger partial charge in [-0.05, 0) is 37.3 Å². The molecule has 0 aliphatic carbocycles. The number of piperazine rings is 1. The molecule has 2 rings (SSSR count). The van der Waals surface area contributed by atoms with E-state index in [9.17, 15) is 0 Å². The predicted octanol–water partition coefficient (Wildman–Crippen LogP) is 4.25. The molecule has 20 heavy (non-hydrogen) atoms. The van der Waals surface area contributed by atoms with Crippen molar-refractivity contribution >= 4 is 17.3 Å². The third-order valence-electron chi connectivity index (χ3n) is 4.20. The van der Waals surface area contributed by atoms with E-state index in [2.05, 4.69) is 44.0 Å². The molecule has 1 aliphatic heterocycles. The molecular formula is C17H27ClN2. The zero-order valence-corrected chi connectivity index (χ0v) is 13.9. The highest BCUT2D eigenvalue weighted by Gasteiger charge is 2.29. The van der Waals surface area contributed by atoms with Crippen molar-refractivity contribution < 1.29 is 0 Å². The summed E-state index contributed by atoms with van der Waals surface area (Å²) >= 11 is 6.48. The van der Waals surface area contributed by atoms with Gasteiger partial charge in [-0.2, -0.15) is 0 Å². The van der Waals surface area contributed by atoms with Crippen molar-refractivity contribution in [1.82, 2.24) is 5.32 Å². The van der Waals surface area contributed by atoms with Gasteiger partial charge in [0.15, 0.2) is 0 Å². The van der Waals surface area contributed by atoms with Crippen LogP contribution in [-0.2, 0) is 0 Å². The molecule has 3 heteroatoms. The van der Waals surface area contributed by atoms with Gasteiger partial charge in [0.05, 0.1) is 10.7 Å². The van der Waals surface area contributed by atoms with E-state index in [1.165, 1.54) is 17.7 Å². The third kappa shape index (κ3) is 3.48. The van der Waals surface area contributed by atoms with Crippen LogP contribution in [0.25, 0.3) is 0 Å². The topological polar surface area (TPSA) is 15.3 Å². The Morgan fingerprint density at radius 2 is 2.15 bits per heavy atom. The highest BCUT2D eigenvalue weighted by Crippen LogP contribution is 2.33. The molecule has 1 aliphatic rings. The number of rotatable bonds is 4. The van der Waals surface area contributed by atoms with Gasteiger partial charge >= 0.3 is 0 Å². The molecule has 0 aromatic heterocycles. The lowest BCUT2D eigenvalue weighted by molar-refractivity contribution is 0.343. The Kier molecular flexibility index (Phi) is 5.34. The molecule has 112 valence electrons. The van der Waals surface area contributed by atoms with Crippen LogP contribution in [-0.4, -0.2) is 25.2 Å². The summed E-state index contributed by atoms with van der Waals surface area (Å²) in [7, 11) is 0. The van der Waals surface area contributed by atoms with Crippen LogP contribution < -0.4 is 10.2 Å². The Balaban J connectivity index is 2.25. The maximum Gasteiger partial charge on any atom is 0.0642 e. The number of hydrogen-bond acceptors (Lipinski definition) is 2. The molecule has 2 atom stereocenters. The van der Waals surface area contributed by atoms with Crippen molar-refractivity contribution in [2.75, 3.05) is 18.0 Å². The van der Waals surface area contributed by atoms with Gasteiger partial charge in [-0.15, -0.1) is 0 Å². The van der Waals surface area contributed by atoms with Gasteiger partial charge in [0.1, 0.15) is 0 Å². The van der Waals surface area contributed by atoms with E-state index in [0.29, 0.717) is 12.1 Å². The summed E-state index contributed by atoms with van der Waals surface area (Å²) < 4.78 is 0. The van der Waals surface area contributed by atoms with Gasteiger partial charge in [0.25, 0.3) is 0 Å². The Morgan fingerprint density at radius 1 is 1.40 bits per heavy atom. The first-order chi connectivity index (χ1) is 9.52. The first kappa shape index (κ1) is 15.7. The molecule has 1 aromatic carbocycles. The normalized spacial score (nSPS) is 23.4. The van der Waals surface area contributed by atoms with Gasteiger partial charge in [-0.1, -0.05) is 44.5 Å². The second-order valence-corrected chi connectivity index (χ2v) is 6.76. The Bertz CT molecular complexity index is 424. The second-order valence-electron chi connectivity index (χ2n) is 6.35. The van der Waals surface area contributed by atoms with Crippen molar-refractivity contribution in [3.63, 3.8) is 0 Å². The van der Waals surface area contributed by atoms with Crippen LogP contribution in [0.3, 0.4) is 0 Å². The van der Waals surface area contributed by atoms with Gasteiger partial charge in [-0.3, -0.25) is 0 Å². The van der Waals surface area contributed by atoms with Crippen molar-refractivity contribution in [3.8, 4) is 0 Å². The fraction of sp³-hybridized carbons (Fsp3) is 0.647. The average Bonchev–Trinajstić information content (AvgIpc) is 2.38. The van der Waals surface area contributed by atoms with E-state index < -0.39 is 0 Å². The molecule has 0 amide bonds. The van der Waals surface area contributed by atoms with Crippen LogP contribution in [0, 0.1) is 12.8 Å². The van der Waals surface area contributed by atoms with Crippen LogP contribution in [0.2, 0.25) is 5.02 Å². The lowest BCUT2D eigenvalue weighted by Crippen LogP contribution is -2.57. The molecule has 0 saturated carbocycles. The minimum absolute atomic E-state index is 0.539. The third-order valence-corrected chi connectivity index (χ3v) is 4.51. The van der Waals surface area contributed by atoms with Crippen LogP contribution in [0.1, 0.15) is 39.2 Å². The van der Waals surface area contributed by atoms with Crippen molar-refractivity contribution in [2.24, 2.45) is 5.92 Å². The highest BCUT2D eigenvalue weighted by molar-refractivity contribution is 6.33. The molecule has 0 radical (unpaired) electrons. The lowest BCUT2D eigenvalue weighted by Gasteiger charge is -2.43. The maximum absolute atomic E-state index is 6.48. The zero-order valence-electron chi connectivity index (χ0n) is 13.1. The zero-order chi connectivity index (χ0) is 14.7. The van der Waals surface area contributed by atoms with E-state index in [1.54, 1.807) is 0 Å². The number of nitrogens with one attached hydrogen (secondary N) is 1. The van der Waals surface area contributed by atoms with Crippen molar-refractivity contribution in [3.05, 3.63) is 28.8 Å². The number of nitrogens with zero attached hydrogens (tertiary/aromatic N) is 1. The molecule has 2 nitrogen and oxygen atoms in total. The summed E-state index contributed by atoms with van der Waals surface area (Å²) in [4.78, 5) is 2.53. The first-order valence-corrected chi connectivity index (χ1v) is 8.15. The van der Waals surface area contributed by atoms with E-state index in [4.69, 9.17) is 11.6 Å². The molecule has 1 fully saturated rings. The number of aryl methyl sites for hydroxylation is 1. The minimum atomic E-state index is 0.539. The SMILES string of the molecule is CCC1CNC(CC(C)C)CN1c1c(C)cccc1Cl. The molecule has 1 heterocycles. The molecular weight excluding hydrogens is 268 g/mol. The molecule has 1 N–H and O–H groups in total. The number of para-hydroxylation sites is 1. The van der Waals surface area contributed by atoms with Crippen LogP contribution in [0.15, 0.2) is 18.2 Å². The van der Waals surface area contributed by atoms with Gasteiger partial charge in [0.2, 0.25) is 0 Å². The smallest absolute Gasteiger partial charge is 0.0642 e. The highest BCUT2D eigenvalue weighted by atomic mass is 35.5.